The Morgan fingerprint density at radius 3 is 2.72 bits per heavy atom. The van der Waals surface area contributed by atoms with E-state index in [4.69, 9.17) is 4.74 Å². The van der Waals surface area contributed by atoms with Crippen LogP contribution in [0.3, 0.4) is 0 Å². The van der Waals surface area contributed by atoms with Crippen molar-refractivity contribution < 1.29 is 4.74 Å². The van der Waals surface area contributed by atoms with Crippen LogP contribution in [-0.4, -0.2) is 20.2 Å². The first-order valence-corrected chi connectivity index (χ1v) is 6.95. The monoisotopic (exact) mass is 243 g/mol. The van der Waals surface area contributed by atoms with Crippen LogP contribution in [0.1, 0.15) is 36.5 Å². The molecule has 3 rings (SSSR count). The van der Waals surface area contributed by atoms with Gasteiger partial charge >= 0.3 is 0 Å². The standard InChI is InChI=1S/C16H21NO/c1-3-6-13-11-12-7-4-9-17-10-5-8-14(15(12)17)16(13)18-2/h3,6,11H,4-5,7-10H2,1-2H3/b6-3+. The summed E-state index contributed by atoms with van der Waals surface area (Å²) in [5.41, 5.74) is 5.69. The zero-order valence-corrected chi connectivity index (χ0v) is 11.3. The molecule has 2 heteroatoms. The summed E-state index contributed by atoms with van der Waals surface area (Å²) in [6.45, 7) is 4.50. The molecule has 18 heavy (non-hydrogen) atoms. The van der Waals surface area contributed by atoms with Gasteiger partial charge in [0, 0.05) is 29.9 Å². The maximum Gasteiger partial charge on any atom is 0.131 e. The number of aryl methyl sites for hydroxylation is 1. The topological polar surface area (TPSA) is 12.5 Å². The second-order valence-corrected chi connectivity index (χ2v) is 5.18. The predicted molar refractivity (Wildman–Crippen MR) is 76.6 cm³/mol. The van der Waals surface area contributed by atoms with Crippen LogP contribution in [0.5, 0.6) is 5.75 Å². The van der Waals surface area contributed by atoms with Gasteiger partial charge in [-0.25, -0.2) is 0 Å². The highest BCUT2D eigenvalue weighted by Crippen LogP contribution is 2.42. The third kappa shape index (κ3) is 1.71. The van der Waals surface area contributed by atoms with Crippen LogP contribution in [0.2, 0.25) is 0 Å². The first kappa shape index (κ1) is 11.6. The fourth-order valence-corrected chi connectivity index (χ4v) is 3.40. The summed E-state index contributed by atoms with van der Waals surface area (Å²) in [6, 6.07) is 2.33. The molecule has 0 bridgehead atoms. The van der Waals surface area contributed by atoms with Crippen LogP contribution in [0.4, 0.5) is 5.69 Å². The molecule has 0 aliphatic carbocycles. The van der Waals surface area contributed by atoms with Crippen molar-refractivity contribution in [1.29, 1.82) is 0 Å². The average molecular weight is 243 g/mol. The predicted octanol–water partition coefficient (Wildman–Crippen LogP) is 3.43. The Bertz CT molecular complexity index is 488. The van der Waals surface area contributed by atoms with E-state index >= 15 is 0 Å². The minimum Gasteiger partial charge on any atom is -0.496 e. The average Bonchev–Trinajstić information content (AvgIpc) is 2.40. The van der Waals surface area contributed by atoms with Gasteiger partial charge in [0.1, 0.15) is 5.75 Å². The highest BCUT2D eigenvalue weighted by molar-refractivity contribution is 5.74. The van der Waals surface area contributed by atoms with Gasteiger partial charge in [0.25, 0.3) is 0 Å². The molecule has 1 aromatic carbocycles. The third-order valence-corrected chi connectivity index (χ3v) is 4.05. The molecule has 0 atom stereocenters. The van der Waals surface area contributed by atoms with Crippen molar-refractivity contribution in [3.8, 4) is 5.75 Å². The van der Waals surface area contributed by atoms with Crippen LogP contribution in [-0.2, 0) is 12.8 Å². The van der Waals surface area contributed by atoms with Gasteiger partial charge in [0.05, 0.1) is 7.11 Å². The normalized spacial score (nSPS) is 18.0. The fraction of sp³-hybridized carbons (Fsp3) is 0.500. The zero-order chi connectivity index (χ0) is 12.5. The van der Waals surface area contributed by atoms with E-state index in [-0.39, 0.29) is 0 Å². The number of nitrogens with zero attached hydrogens (tertiary/aromatic N) is 1. The Labute approximate surface area is 109 Å². The van der Waals surface area contributed by atoms with E-state index in [1.54, 1.807) is 7.11 Å². The van der Waals surface area contributed by atoms with Crippen molar-refractivity contribution in [3.05, 3.63) is 28.8 Å². The largest absolute Gasteiger partial charge is 0.496 e. The molecule has 0 spiro atoms. The molecule has 0 N–H and O–H groups in total. The van der Waals surface area contributed by atoms with Crippen molar-refractivity contribution in [2.45, 2.75) is 32.6 Å². The first-order chi connectivity index (χ1) is 8.85. The lowest BCUT2D eigenvalue weighted by molar-refractivity contribution is 0.406. The smallest absolute Gasteiger partial charge is 0.131 e. The number of hydrogen-bond donors (Lipinski definition) is 0. The van der Waals surface area contributed by atoms with Gasteiger partial charge in [-0.05, 0) is 44.2 Å². The molecule has 2 aliphatic heterocycles. The Kier molecular flexibility index (Phi) is 3.02. The Morgan fingerprint density at radius 2 is 2.00 bits per heavy atom. The molecule has 1 aromatic rings. The van der Waals surface area contributed by atoms with Crippen molar-refractivity contribution in [1.82, 2.24) is 0 Å². The van der Waals surface area contributed by atoms with Gasteiger partial charge in [-0.15, -0.1) is 0 Å². The molecular formula is C16H21NO. The number of allylic oxidation sites excluding steroid dienone is 1. The van der Waals surface area contributed by atoms with Crippen molar-refractivity contribution in [3.63, 3.8) is 0 Å². The SMILES string of the molecule is C/C=C/c1cc2c3c(c1OC)CCCN3CCC2. The van der Waals surface area contributed by atoms with Gasteiger partial charge in [-0.3, -0.25) is 0 Å². The lowest BCUT2D eigenvalue weighted by Crippen LogP contribution is -2.34. The van der Waals surface area contributed by atoms with E-state index in [1.807, 2.05) is 0 Å². The Hall–Kier alpha value is -1.44. The van der Waals surface area contributed by atoms with Crippen LogP contribution >= 0.6 is 0 Å². The molecule has 2 aliphatic rings. The van der Waals surface area contributed by atoms with E-state index < -0.39 is 0 Å². The summed E-state index contributed by atoms with van der Waals surface area (Å²) in [6.07, 6.45) is 9.18. The molecule has 0 amide bonds. The highest BCUT2D eigenvalue weighted by Gasteiger charge is 2.27. The lowest BCUT2D eigenvalue weighted by Gasteiger charge is -2.38. The molecule has 2 nitrogen and oxygen atoms in total. The molecule has 0 radical (unpaired) electrons. The molecule has 96 valence electrons. The van der Waals surface area contributed by atoms with Gasteiger partial charge in [0.2, 0.25) is 0 Å². The van der Waals surface area contributed by atoms with Crippen LogP contribution in [0, 0.1) is 0 Å². The van der Waals surface area contributed by atoms with Crippen LogP contribution in [0.15, 0.2) is 12.1 Å². The second-order valence-electron chi connectivity index (χ2n) is 5.18. The molecule has 0 aromatic heterocycles. The Morgan fingerprint density at radius 1 is 1.22 bits per heavy atom. The fourth-order valence-electron chi connectivity index (χ4n) is 3.40. The minimum absolute atomic E-state index is 1.10. The number of rotatable bonds is 2. The number of methoxy groups -OCH3 is 1. The molecule has 0 unspecified atom stereocenters. The second kappa shape index (κ2) is 4.68. The number of ether oxygens (including phenoxy) is 1. The highest BCUT2D eigenvalue weighted by atomic mass is 16.5. The van der Waals surface area contributed by atoms with Crippen LogP contribution < -0.4 is 9.64 Å². The summed E-state index contributed by atoms with van der Waals surface area (Å²) in [5, 5.41) is 0. The van der Waals surface area contributed by atoms with Gasteiger partial charge in [-0.2, -0.15) is 0 Å². The molecule has 0 saturated heterocycles. The summed E-state index contributed by atoms with van der Waals surface area (Å²) in [7, 11) is 1.80. The molecular weight excluding hydrogens is 222 g/mol. The van der Waals surface area contributed by atoms with Crippen molar-refractivity contribution in [2.75, 3.05) is 25.1 Å². The number of benzene rings is 1. The summed E-state index contributed by atoms with van der Waals surface area (Å²) in [4.78, 5) is 2.56. The van der Waals surface area contributed by atoms with Crippen molar-refractivity contribution in [2.24, 2.45) is 0 Å². The summed E-state index contributed by atoms with van der Waals surface area (Å²) >= 11 is 0. The van der Waals surface area contributed by atoms with E-state index in [0.717, 1.165) is 12.2 Å². The Balaban J connectivity index is 2.22. The van der Waals surface area contributed by atoms with E-state index in [9.17, 15) is 0 Å². The van der Waals surface area contributed by atoms with E-state index in [0.29, 0.717) is 0 Å². The quantitative estimate of drug-likeness (QED) is 0.789. The van der Waals surface area contributed by atoms with Crippen LogP contribution in [0.25, 0.3) is 6.08 Å². The summed E-state index contributed by atoms with van der Waals surface area (Å²) < 4.78 is 5.69. The number of hydrogen-bond acceptors (Lipinski definition) is 2. The molecule has 2 heterocycles. The van der Waals surface area contributed by atoms with Crippen molar-refractivity contribution >= 4 is 11.8 Å². The van der Waals surface area contributed by atoms with E-state index in [1.165, 1.54) is 54.7 Å². The maximum atomic E-state index is 5.69. The third-order valence-electron chi connectivity index (χ3n) is 4.05. The van der Waals surface area contributed by atoms with Gasteiger partial charge < -0.3 is 9.64 Å². The lowest BCUT2D eigenvalue weighted by atomic mass is 9.89. The summed E-state index contributed by atoms with van der Waals surface area (Å²) in [5.74, 6) is 1.10. The van der Waals surface area contributed by atoms with E-state index in [2.05, 4.69) is 30.0 Å². The van der Waals surface area contributed by atoms with Gasteiger partial charge in [-0.1, -0.05) is 12.2 Å². The first-order valence-electron chi connectivity index (χ1n) is 6.95. The molecule has 0 saturated carbocycles. The zero-order valence-electron chi connectivity index (χ0n) is 11.3. The minimum atomic E-state index is 1.10. The molecule has 0 fully saturated rings. The maximum absolute atomic E-state index is 5.69. The number of anilines is 1. The van der Waals surface area contributed by atoms with Gasteiger partial charge in [0.15, 0.2) is 0 Å².